The van der Waals surface area contributed by atoms with Gasteiger partial charge in [-0.1, -0.05) is 36.4 Å². The van der Waals surface area contributed by atoms with Gasteiger partial charge in [0.25, 0.3) is 0 Å². The van der Waals surface area contributed by atoms with Crippen molar-refractivity contribution in [3.05, 3.63) is 59.7 Å². The lowest BCUT2D eigenvalue weighted by molar-refractivity contribution is -0.116. The lowest BCUT2D eigenvalue weighted by Crippen LogP contribution is -2.32. The largest absolute Gasteiger partial charge is 0.496 e. The van der Waals surface area contributed by atoms with E-state index in [4.69, 9.17) is 4.74 Å². The van der Waals surface area contributed by atoms with Crippen molar-refractivity contribution in [3.8, 4) is 5.75 Å². The zero-order valence-electron chi connectivity index (χ0n) is 15.2. The second kappa shape index (κ2) is 9.64. The number of methoxy groups -OCH3 is 1. The molecule has 26 heavy (non-hydrogen) atoms. The minimum Gasteiger partial charge on any atom is -0.496 e. The first kappa shape index (κ1) is 18.8. The number of aryl methyl sites for hydroxylation is 1. The summed E-state index contributed by atoms with van der Waals surface area (Å²) in [5, 5.41) is 3.10. The van der Waals surface area contributed by atoms with Crippen LogP contribution in [0.1, 0.15) is 17.5 Å². The topological polar surface area (TPSA) is 41.6 Å². The van der Waals surface area contributed by atoms with Gasteiger partial charge in [0.2, 0.25) is 5.91 Å². The molecule has 138 valence electrons. The van der Waals surface area contributed by atoms with Crippen LogP contribution < -0.4 is 10.1 Å². The van der Waals surface area contributed by atoms with Gasteiger partial charge in [-0.15, -0.1) is 0 Å². The number of carbonyl (C=O) groups excluding carboxylic acids is 1. The normalized spacial score (nSPS) is 14.8. The number of nitrogens with one attached hydrogen (secondary N) is 1. The molecule has 1 amide bonds. The quantitative estimate of drug-likeness (QED) is 0.805. The highest BCUT2D eigenvalue weighted by molar-refractivity contribution is 7.99. The Morgan fingerprint density at radius 1 is 1.08 bits per heavy atom. The molecule has 1 aliphatic rings. The highest BCUT2D eigenvalue weighted by Gasteiger charge is 2.14. The number of anilines is 1. The van der Waals surface area contributed by atoms with Crippen LogP contribution in [0.4, 0.5) is 5.69 Å². The zero-order chi connectivity index (χ0) is 18.2. The first-order chi connectivity index (χ1) is 12.8. The van der Waals surface area contributed by atoms with E-state index in [0.29, 0.717) is 12.8 Å². The van der Waals surface area contributed by atoms with Crippen LogP contribution in [0.3, 0.4) is 0 Å². The van der Waals surface area contributed by atoms with Gasteiger partial charge >= 0.3 is 0 Å². The number of carbonyl (C=O) groups is 1. The van der Waals surface area contributed by atoms with Gasteiger partial charge in [-0.05, 0) is 29.7 Å². The number of rotatable bonds is 7. The maximum Gasteiger partial charge on any atom is 0.224 e. The van der Waals surface area contributed by atoms with Gasteiger partial charge in [0.15, 0.2) is 0 Å². The summed E-state index contributed by atoms with van der Waals surface area (Å²) in [6.07, 6.45) is 1.11. The molecule has 3 rings (SSSR count). The van der Waals surface area contributed by atoms with E-state index in [1.807, 2.05) is 54.2 Å². The van der Waals surface area contributed by atoms with Crippen LogP contribution in [-0.2, 0) is 17.8 Å². The number of amides is 1. The molecule has 0 atom stereocenters. The molecule has 1 fully saturated rings. The van der Waals surface area contributed by atoms with Gasteiger partial charge < -0.3 is 10.1 Å². The van der Waals surface area contributed by atoms with Crippen molar-refractivity contribution in [3.63, 3.8) is 0 Å². The molecule has 2 aromatic rings. The second-order valence-corrected chi connectivity index (χ2v) is 7.63. The van der Waals surface area contributed by atoms with E-state index in [1.54, 1.807) is 7.11 Å². The fourth-order valence-electron chi connectivity index (χ4n) is 3.15. The van der Waals surface area contributed by atoms with E-state index >= 15 is 0 Å². The van der Waals surface area contributed by atoms with Crippen LogP contribution in [0.2, 0.25) is 0 Å². The second-order valence-electron chi connectivity index (χ2n) is 6.41. The lowest BCUT2D eigenvalue weighted by atomic mass is 10.1. The van der Waals surface area contributed by atoms with Crippen LogP contribution in [0.5, 0.6) is 5.75 Å². The van der Waals surface area contributed by atoms with Crippen molar-refractivity contribution in [2.24, 2.45) is 0 Å². The molecule has 1 saturated heterocycles. The molecular weight excluding hydrogens is 344 g/mol. The number of hydrogen-bond acceptors (Lipinski definition) is 4. The Labute approximate surface area is 159 Å². The zero-order valence-corrected chi connectivity index (χ0v) is 16.1. The highest BCUT2D eigenvalue weighted by atomic mass is 32.2. The van der Waals surface area contributed by atoms with Gasteiger partial charge in [0, 0.05) is 43.2 Å². The summed E-state index contributed by atoms with van der Waals surface area (Å²) in [5.74, 6) is 3.25. The van der Waals surface area contributed by atoms with Crippen LogP contribution in [0, 0.1) is 0 Å². The molecule has 5 heteroatoms. The Morgan fingerprint density at radius 3 is 2.54 bits per heavy atom. The summed E-state index contributed by atoms with van der Waals surface area (Å²) in [7, 11) is 1.66. The SMILES string of the molecule is COc1ccccc1CCC(=O)Nc1ccccc1CN1CCSCC1. The van der Waals surface area contributed by atoms with E-state index in [0.717, 1.165) is 36.6 Å². The third-order valence-corrected chi connectivity index (χ3v) is 5.55. The first-order valence-corrected chi connectivity index (χ1v) is 10.2. The molecule has 4 nitrogen and oxygen atoms in total. The molecule has 0 spiro atoms. The number of ether oxygens (including phenoxy) is 1. The van der Waals surface area contributed by atoms with Crippen molar-refractivity contribution < 1.29 is 9.53 Å². The molecule has 0 aromatic heterocycles. The number of nitrogens with zero attached hydrogens (tertiary/aromatic N) is 1. The monoisotopic (exact) mass is 370 g/mol. The van der Waals surface area contributed by atoms with E-state index in [9.17, 15) is 4.79 Å². The maximum absolute atomic E-state index is 12.5. The van der Waals surface area contributed by atoms with Crippen molar-refractivity contribution >= 4 is 23.4 Å². The van der Waals surface area contributed by atoms with Crippen LogP contribution in [-0.4, -0.2) is 42.5 Å². The fourth-order valence-corrected chi connectivity index (χ4v) is 4.13. The van der Waals surface area contributed by atoms with Gasteiger partial charge in [0.05, 0.1) is 7.11 Å². The van der Waals surface area contributed by atoms with Crippen molar-refractivity contribution in [1.82, 2.24) is 4.90 Å². The Hall–Kier alpha value is -1.98. The van der Waals surface area contributed by atoms with Crippen molar-refractivity contribution in [2.75, 3.05) is 37.0 Å². The number of benzene rings is 2. The molecule has 0 saturated carbocycles. The minimum atomic E-state index is 0.0394. The van der Waals surface area contributed by atoms with Crippen molar-refractivity contribution in [1.29, 1.82) is 0 Å². The van der Waals surface area contributed by atoms with Gasteiger partial charge in [0.1, 0.15) is 5.75 Å². The number of thioether (sulfide) groups is 1. The molecule has 1 N–H and O–H groups in total. The Balaban J connectivity index is 1.58. The van der Waals surface area contributed by atoms with Gasteiger partial charge in [-0.3, -0.25) is 9.69 Å². The van der Waals surface area contributed by atoms with Crippen molar-refractivity contribution in [2.45, 2.75) is 19.4 Å². The summed E-state index contributed by atoms with van der Waals surface area (Å²) in [4.78, 5) is 14.9. The summed E-state index contributed by atoms with van der Waals surface area (Å²) < 4.78 is 5.36. The maximum atomic E-state index is 12.5. The molecule has 0 unspecified atom stereocenters. The number of hydrogen-bond donors (Lipinski definition) is 1. The van der Waals surface area contributed by atoms with E-state index in [-0.39, 0.29) is 5.91 Å². The average molecular weight is 371 g/mol. The Kier molecular flexibility index (Phi) is 6.97. The standard InChI is InChI=1S/C21H26N2O2S/c1-25-20-9-5-3-6-17(20)10-11-21(24)22-19-8-4-2-7-18(19)16-23-12-14-26-15-13-23/h2-9H,10-16H2,1H3,(H,22,24). The van der Waals surface area contributed by atoms with Crippen LogP contribution in [0.25, 0.3) is 0 Å². The molecule has 0 radical (unpaired) electrons. The molecule has 0 bridgehead atoms. The highest BCUT2D eigenvalue weighted by Crippen LogP contribution is 2.21. The van der Waals surface area contributed by atoms with E-state index < -0.39 is 0 Å². The van der Waals surface area contributed by atoms with E-state index in [2.05, 4.69) is 16.3 Å². The molecule has 1 aliphatic heterocycles. The van der Waals surface area contributed by atoms with Crippen LogP contribution in [0.15, 0.2) is 48.5 Å². The Bertz CT molecular complexity index is 729. The lowest BCUT2D eigenvalue weighted by Gasteiger charge is -2.27. The molecule has 0 aliphatic carbocycles. The molecule has 2 aromatic carbocycles. The smallest absolute Gasteiger partial charge is 0.224 e. The predicted molar refractivity (Wildman–Crippen MR) is 109 cm³/mol. The third kappa shape index (κ3) is 5.26. The summed E-state index contributed by atoms with van der Waals surface area (Å²) >= 11 is 2.01. The third-order valence-electron chi connectivity index (χ3n) is 4.60. The number of para-hydroxylation sites is 2. The summed E-state index contributed by atoms with van der Waals surface area (Å²) in [6, 6.07) is 16.0. The van der Waals surface area contributed by atoms with Gasteiger partial charge in [-0.2, -0.15) is 11.8 Å². The van der Waals surface area contributed by atoms with Crippen LogP contribution >= 0.6 is 11.8 Å². The average Bonchev–Trinajstić information content (AvgIpc) is 2.69. The van der Waals surface area contributed by atoms with E-state index in [1.165, 1.54) is 17.1 Å². The molecule has 1 heterocycles. The Morgan fingerprint density at radius 2 is 1.77 bits per heavy atom. The summed E-state index contributed by atoms with van der Waals surface area (Å²) in [5.41, 5.74) is 3.17. The minimum absolute atomic E-state index is 0.0394. The summed E-state index contributed by atoms with van der Waals surface area (Å²) in [6.45, 7) is 3.12. The fraction of sp³-hybridized carbons (Fsp3) is 0.381. The predicted octanol–water partition coefficient (Wildman–Crippen LogP) is 3.82. The first-order valence-electron chi connectivity index (χ1n) is 9.06. The molecular formula is C21H26N2O2S. The van der Waals surface area contributed by atoms with Gasteiger partial charge in [-0.25, -0.2) is 0 Å².